The number of nitrogens with one attached hydrogen (secondary N) is 1. The van der Waals surface area contributed by atoms with Gasteiger partial charge in [-0.1, -0.05) is 18.2 Å². The van der Waals surface area contributed by atoms with E-state index in [1.54, 1.807) is 0 Å². The number of hydrogen-bond donors (Lipinski definition) is 2. The summed E-state index contributed by atoms with van der Waals surface area (Å²) in [6.07, 6.45) is 3.56. The van der Waals surface area contributed by atoms with Gasteiger partial charge in [0.15, 0.2) is 0 Å². The molecule has 2 N–H and O–H groups in total. The predicted molar refractivity (Wildman–Crippen MR) is 95.1 cm³/mol. The van der Waals surface area contributed by atoms with Gasteiger partial charge in [-0.05, 0) is 44.6 Å². The van der Waals surface area contributed by atoms with E-state index in [9.17, 15) is 9.90 Å². The molecule has 0 amide bonds. The van der Waals surface area contributed by atoms with Crippen LogP contribution in [-0.4, -0.2) is 40.4 Å². The van der Waals surface area contributed by atoms with E-state index in [0.29, 0.717) is 28.6 Å². The van der Waals surface area contributed by atoms with E-state index in [2.05, 4.69) is 22.9 Å². The highest BCUT2D eigenvalue weighted by Gasteiger charge is 2.70. The van der Waals surface area contributed by atoms with Crippen LogP contribution in [0.4, 0.5) is 0 Å². The summed E-state index contributed by atoms with van der Waals surface area (Å²) in [6.45, 7) is 5.90. The quantitative estimate of drug-likeness (QED) is 0.878. The molecule has 3 aliphatic carbocycles. The van der Waals surface area contributed by atoms with Gasteiger partial charge in [-0.25, -0.2) is 4.79 Å². The molecule has 1 aliphatic heterocycles. The number of carbonyl (C=O) groups is 1. The van der Waals surface area contributed by atoms with E-state index in [-0.39, 0.29) is 0 Å². The number of carboxylic acid groups (broad SMARTS) is 1. The van der Waals surface area contributed by atoms with Gasteiger partial charge in [-0.3, -0.25) is 0 Å². The molecule has 4 fully saturated rings. The number of para-hydroxylation sites is 1. The monoisotopic (exact) mass is 340 g/mol. The van der Waals surface area contributed by atoms with Gasteiger partial charge in [0.05, 0.1) is 24.8 Å². The van der Waals surface area contributed by atoms with E-state index in [0.717, 1.165) is 29.8 Å². The van der Waals surface area contributed by atoms with Crippen LogP contribution in [0.15, 0.2) is 24.3 Å². The zero-order chi connectivity index (χ0) is 17.4. The largest absolute Gasteiger partial charge is 0.478 e. The Labute approximate surface area is 147 Å². The fourth-order valence-electron chi connectivity index (χ4n) is 5.65. The molecule has 1 saturated heterocycles. The molecule has 4 aliphatic rings. The van der Waals surface area contributed by atoms with Gasteiger partial charge < -0.3 is 19.7 Å². The van der Waals surface area contributed by atoms with Crippen molar-refractivity contribution in [2.75, 3.05) is 13.2 Å². The molecule has 2 heterocycles. The highest BCUT2D eigenvalue weighted by atomic mass is 16.5. The molecule has 1 aromatic heterocycles. The summed E-state index contributed by atoms with van der Waals surface area (Å²) in [7, 11) is 0. The summed E-state index contributed by atoms with van der Waals surface area (Å²) in [6, 6.07) is 8.74. The first-order chi connectivity index (χ1) is 11.9. The van der Waals surface area contributed by atoms with Crippen molar-refractivity contribution in [2.24, 2.45) is 5.41 Å². The summed E-state index contributed by atoms with van der Waals surface area (Å²) >= 11 is 0. The van der Waals surface area contributed by atoms with Crippen molar-refractivity contribution in [1.29, 1.82) is 0 Å². The van der Waals surface area contributed by atoms with Crippen LogP contribution in [0.3, 0.4) is 0 Å². The Bertz CT molecular complexity index is 861. The highest BCUT2D eigenvalue weighted by molar-refractivity contribution is 6.05. The minimum Gasteiger partial charge on any atom is -0.478 e. The maximum Gasteiger partial charge on any atom is 0.338 e. The fraction of sp³-hybridized carbons (Fsp3) is 0.550. The lowest BCUT2D eigenvalue weighted by molar-refractivity contribution is -0.197. The van der Waals surface area contributed by atoms with E-state index in [1.165, 1.54) is 19.3 Å². The lowest BCUT2D eigenvalue weighted by Crippen LogP contribution is -2.78. The Morgan fingerprint density at radius 3 is 2.60 bits per heavy atom. The van der Waals surface area contributed by atoms with Crippen molar-refractivity contribution >= 4 is 16.9 Å². The lowest BCUT2D eigenvalue weighted by atomic mass is 9.37. The molecule has 5 nitrogen and oxygen atoms in total. The molecule has 3 saturated carbocycles. The Kier molecular flexibility index (Phi) is 3.00. The third-order valence-electron chi connectivity index (χ3n) is 6.86. The van der Waals surface area contributed by atoms with E-state index in [4.69, 9.17) is 4.74 Å². The number of aromatic carboxylic acids is 1. The average Bonchev–Trinajstić information content (AvgIpc) is 2.74. The first-order valence-corrected chi connectivity index (χ1v) is 9.13. The van der Waals surface area contributed by atoms with E-state index in [1.807, 2.05) is 25.1 Å². The number of benzene rings is 1. The Morgan fingerprint density at radius 2 is 2.00 bits per heavy atom. The molecule has 25 heavy (non-hydrogen) atoms. The average molecular weight is 340 g/mol. The standard InChI is InChI=1S/C20H24N2O3/c1-12-17(18(23)24)15-5-3-4-6-16(15)22(12)13(2)19-9-20(10-19,11-19)21-14-7-25-8-14/h3-6,13-14,21H,7-11H2,1-2H3,(H,23,24). The van der Waals surface area contributed by atoms with Crippen molar-refractivity contribution in [2.45, 2.75) is 50.7 Å². The van der Waals surface area contributed by atoms with Crippen LogP contribution in [0.1, 0.15) is 48.3 Å². The normalized spacial score (nSPS) is 31.9. The lowest BCUT2D eigenvalue weighted by Gasteiger charge is -2.74. The third-order valence-corrected chi connectivity index (χ3v) is 6.86. The second kappa shape index (κ2) is 4.86. The number of fused-ring (bicyclic) bond motifs is 1. The van der Waals surface area contributed by atoms with Crippen molar-refractivity contribution < 1.29 is 14.6 Å². The molecule has 132 valence electrons. The van der Waals surface area contributed by atoms with Crippen molar-refractivity contribution in [1.82, 2.24) is 9.88 Å². The highest BCUT2D eigenvalue weighted by Crippen LogP contribution is 2.72. The zero-order valence-electron chi connectivity index (χ0n) is 14.7. The molecular weight excluding hydrogens is 316 g/mol. The molecule has 5 heteroatoms. The number of carboxylic acids is 1. The Hall–Kier alpha value is -1.85. The zero-order valence-corrected chi connectivity index (χ0v) is 14.7. The predicted octanol–water partition coefficient (Wildman–Crippen LogP) is 3.12. The van der Waals surface area contributed by atoms with E-state index < -0.39 is 5.97 Å². The first kappa shape index (κ1) is 15.4. The summed E-state index contributed by atoms with van der Waals surface area (Å²) in [5, 5.41) is 14.3. The summed E-state index contributed by atoms with van der Waals surface area (Å²) in [5.41, 5.74) is 2.99. The maximum absolute atomic E-state index is 11.8. The number of rotatable bonds is 5. The molecular formula is C20H24N2O3. The van der Waals surface area contributed by atoms with Gasteiger partial charge in [0.25, 0.3) is 0 Å². The van der Waals surface area contributed by atoms with Gasteiger partial charge in [-0.2, -0.15) is 0 Å². The van der Waals surface area contributed by atoms with Crippen molar-refractivity contribution in [3.63, 3.8) is 0 Å². The van der Waals surface area contributed by atoms with Crippen LogP contribution >= 0.6 is 0 Å². The fourth-order valence-corrected chi connectivity index (χ4v) is 5.65. The number of hydrogen-bond acceptors (Lipinski definition) is 3. The third kappa shape index (κ3) is 1.94. The molecule has 0 spiro atoms. The van der Waals surface area contributed by atoms with Crippen LogP contribution in [0.25, 0.3) is 10.9 Å². The molecule has 1 unspecified atom stereocenters. The smallest absolute Gasteiger partial charge is 0.338 e. The van der Waals surface area contributed by atoms with Crippen molar-refractivity contribution in [3.8, 4) is 0 Å². The summed E-state index contributed by atoms with van der Waals surface area (Å²) in [5.74, 6) is -0.833. The second-order valence-corrected chi connectivity index (χ2v) is 8.38. The molecule has 1 aromatic carbocycles. The van der Waals surface area contributed by atoms with Crippen LogP contribution in [-0.2, 0) is 4.74 Å². The molecule has 0 radical (unpaired) electrons. The molecule has 2 bridgehead atoms. The molecule has 1 atom stereocenters. The Balaban J connectivity index is 1.47. The number of nitrogens with zero attached hydrogens (tertiary/aromatic N) is 1. The topological polar surface area (TPSA) is 63.5 Å². The minimum absolute atomic E-state index is 0.305. The minimum atomic E-state index is -0.833. The van der Waals surface area contributed by atoms with Crippen molar-refractivity contribution in [3.05, 3.63) is 35.5 Å². The molecule has 2 aromatic rings. The van der Waals surface area contributed by atoms with Crippen LogP contribution in [0, 0.1) is 12.3 Å². The van der Waals surface area contributed by atoms with Gasteiger partial charge >= 0.3 is 5.97 Å². The first-order valence-electron chi connectivity index (χ1n) is 9.13. The second-order valence-electron chi connectivity index (χ2n) is 8.38. The van der Waals surface area contributed by atoms with Crippen LogP contribution in [0.2, 0.25) is 0 Å². The number of ether oxygens (including phenoxy) is 1. The summed E-state index contributed by atoms with van der Waals surface area (Å²) in [4.78, 5) is 11.8. The summed E-state index contributed by atoms with van der Waals surface area (Å²) < 4.78 is 7.55. The van der Waals surface area contributed by atoms with Gasteiger partial charge in [0, 0.05) is 28.2 Å². The Morgan fingerprint density at radius 1 is 1.32 bits per heavy atom. The van der Waals surface area contributed by atoms with Crippen LogP contribution in [0.5, 0.6) is 0 Å². The van der Waals surface area contributed by atoms with Gasteiger partial charge in [0.1, 0.15) is 0 Å². The van der Waals surface area contributed by atoms with Crippen LogP contribution < -0.4 is 5.32 Å². The SMILES string of the molecule is Cc1c(C(=O)O)c2ccccc2n1C(C)C12CC(NC3COC3)(C1)C2. The maximum atomic E-state index is 11.8. The van der Waals surface area contributed by atoms with Gasteiger partial charge in [0.2, 0.25) is 0 Å². The van der Waals surface area contributed by atoms with Gasteiger partial charge in [-0.15, -0.1) is 0 Å². The number of aromatic nitrogens is 1. The molecule has 6 rings (SSSR count). The van der Waals surface area contributed by atoms with E-state index >= 15 is 0 Å².